The molecular formula is C6H10N2O3. The summed E-state index contributed by atoms with van der Waals surface area (Å²) >= 11 is 0. The van der Waals surface area contributed by atoms with Gasteiger partial charge in [0.25, 0.3) is 0 Å². The molecule has 1 aliphatic carbocycles. The molecule has 0 saturated heterocycles. The van der Waals surface area contributed by atoms with Crippen molar-refractivity contribution in [1.29, 1.82) is 0 Å². The number of carbonyl (C=O) groups is 1. The van der Waals surface area contributed by atoms with Crippen molar-refractivity contribution in [3.63, 3.8) is 0 Å². The molecule has 62 valence electrons. The van der Waals surface area contributed by atoms with Gasteiger partial charge in [-0.3, -0.25) is 4.79 Å². The first-order valence-corrected chi connectivity index (χ1v) is 3.47. The van der Waals surface area contributed by atoms with Gasteiger partial charge in [0.05, 0.1) is 11.3 Å². The minimum absolute atomic E-state index is 0.0104. The highest BCUT2D eigenvalue weighted by molar-refractivity contribution is 5.65. The zero-order chi connectivity index (χ0) is 8.27. The highest BCUT2D eigenvalue weighted by Crippen LogP contribution is 2.26. The Kier molecular flexibility index (Phi) is 2.40. The van der Waals surface area contributed by atoms with Crippen LogP contribution in [0.5, 0.6) is 0 Å². The monoisotopic (exact) mass is 158 g/mol. The molecule has 0 bridgehead atoms. The quantitative estimate of drug-likeness (QED) is 0.261. The van der Waals surface area contributed by atoms with Crippen LogP contribution in [0.25, 0.3) is 0 Å². The Balaban J connectivity index is 2.20. The molecule has 0 atom stereocenters. The molecule has 5 heteroatoms. The first-order chi connectivity index (χ1) is 5.24. The highest BCUT2D eigenvalue weighted by atomic mass is 16.5. The number of carbonyl (C=O) groups excluding carboxylic acids is 1. The van der Waals surface area contributed by atoms with Gasteiger partial charge in [0, 0.05) is 6.92 Å². The number of rotatable bonds is 4. The SMILES string of the molecule is CC(=O)OCN(N=O)C1CC1. The molecule has 0 aromatic carbocycles. The maximum atomic E-state index is 10.3. The van der Waals surface area contributed by atoms with Crippen LogP contribution in [-0.2, 0) is 9.53 Å². The maximum Gasteiger partial charge on any atom is 0.304 e. The van der Waals surface area contributed by atoms with Gasteiger partial charge in [-0.1, -0.05) is 0 Å². The van der Waals surface area contributed by atoms with E-state index in [1.807, 2.05) is 0 Å². The van der Waals surface area contributed by atoms with Gasteiger partial charge >= 0.3 is 5.97 Å². The van der Waals surface area contributed by atoms with E-state index in [2.05, 4.69) is 10.0 Å². The molecule has 0 unspecified atom stereocenters. The Morgan fingerprint density at radius 1 is 1.73 bits per heavy atom. The van der Waals surface area contributed by atoms with E-state index in [4.69, 9.17) is 0 Å². The smallest absolute Gasteiger partial charge is 0.304 e. The van der Waals surface area contributed by atoms with E-state index in [9.17, 15) is 9.70 Å². The van der Waals surface area contributed by atoms with Gasteiger partial charge in [-0.05, 0) is 12.8 Å². The Labute approximate surface area is 64.3 Å². The van der Waals surface area contributed by atoms with Crippen molar-refractivity contribution in [3.05, 3.63) is 4.91 Å². The molecule has 0 radical (unpaired) electrons. The zero-order valence-electron chi connectivity index (χ0n) is 6.32. The molecule has 0 N–H and O–H groups in total. The molecule has 5 nitrogen and oxygen atoms in total. The van der Waals surface area contributed by atoms with Gasteiger partial charge in [0.15, 0.2) is 6.73 Å². The molecule has 0 amide bonds. The van der Waals surface area contributed by atoms with Crippen LogP contribution in [0.2, 0.25) is 0 Å². The van der Waals surface area contributed by atoms with Crippen LogP contribution in [0.15, 0.2) is 5.29 Å². The molecule has 1 rings (SSSR count). The minimum atomic E-state index is -0.390. The third kappa shape index (κ3) is 2.53. The standard InChI is InChI=1S/C6H10N2O3/c1-5(9)11-4-8(7-10)6-2-3-6/h6H,2-4H2,1H3. The van der Waals surface area contributed by atoms with Crippen molar-refractivity contribution in [2.24, 2.45) is 5.29 Å². The summed E-state index contributed by atoms with van der Waals surface area (Å²) in [5, 5.41) is 3.98. The third-order valence-electron chi connectivity index (χ3n) is 1.47. The third-order valence-corrected chi connectivity index (χ3v) is 1.47. The van der Waals surface area contributed by atoms with Crippen LogP contribution in [0.1, 0.15) is 19.8 Å². The predicted octanol–water partition coefficient (Wildman–Crippen LogP) is 0.653. The van der Waals surface area contributed by atoms with E-state index in [1.165, 1.54) is 11.9 Å². The Morgan fingerprint density at radius 3 is 2.73 bits per heavy atom. The number of hydrogen-bond donors (Lipinski definition) is 0. The van der Waals surface area contributed by atoms with E-state index in [1.54, 1.807) is 0 Å². The van der Waals surface area contributed by atoms with E-state index >= 15 is 0 Å². The van der Waals surface area contributed by atoms with E-state index in [0.717, 1.165) is 12.8 Å². The summed E-state index contributed by atoms with van der Waals surface area (Å²) in [4.78, 5) is 20.4. The van der Waals surface area contributed by atoms with Crippen LogP contribution in [-0.4, -0.2) is 23.8 Å². The van der Waals surface area contributed by atoms with Crippen molar-refractivity contribution in [3.8, 4) is 0 Å². The molecule has 0 spiro atoms. The minimum Gasteiger partial charge on any atom is -0.443 e. The molecule has 1 fully saturated rings. The normalized spacial score (nSPS) is 15.7. The van der Waals surface area contributed by atoms with Gasteiger partial charge in [0.1, 0.15) is 0 Å². The number of nitrogens with zero attached hydrogens (tertiary/aromatic N) is 2. The lowest BCUT2D eigenvalue weighted by atomic mass is 10.7. The van der Waals surface area contributed by atoms with E-state index in [0.29, 0.717) is 0 Å². The number of esters is 1. The molecular weight excluding hydrogens is 148 g/mol. The zero-order valence-corrected chi connectivity index (χ0v) is 6.32. The van der Waals surface area contributed by atoms with Gasteiger partial charge in [-0.2, -0.15) is 0 Å². The van der Waals surface area contributed by atoms with Crippen molar-refractivity contribution in [1.82, 2.24) is 5.01 Å². The van der Waals surface area contributed by atoms with Crippen molar-refractivity contribution in [2.75, 3.05) is 6.73 Å². The highest BCUT2D eigenvalue weighted by Gasteiger charge is 2.29. The lowest BCUT2D eigenvalue weighted by molar-refractivity contribution is -0.146. The Morgan fingerprint density at radius 2 is 2.36 bits per heavy atom. The van der Waals surface area contributed by atoms with Crippen molar-refractivity contribution < 1.29 is 9.53 Å². The molecule has 1 saturated carbocycles. The van der Waals surface area contributed by atoms with E-state index in [-0.39, 0.29) is 18.7 Å². The number of hydrogen-bond acceptors (Lipinski definition) is 4. The summed E-state index contributed by atoms with van der Waals surface area (Å²) in [5.74, 6) is -0.390. The first kappa shape index (κ1) is 7.97. The maximum absolute atomic E-state index is 10.3. The molecule has 0 aromatic heterocycles. The largest absolute Gasteiger partial charge is 0.443 e. The fourth-order valence-corrected chi connectivity index (χ4v) is 0.725. The second-order valence-electron chi connectivity index (χ2n) is 2.52. The Hall–Kier alpha value is -1.13. The second-order valence-corrected chi connectivity index (χ2v) is 2.52. The predicted molar refractivity (Wildman–Crippen MR) is 37.3 cm³/mol. The lowest BCUT2D eigenvalue weighted by Crippen LogP contribution is -2.23. The van der Waals surface area contributed by atoms with Gasteiger partial charge in [-0.15, -0.1) is 4.91 Å². The fraction of sp³-hybridized carbons (Fsp3) is 0.833. The second kappa shape index (κ2) is 3.32. The van der Waals surface area contributed by atoms with Crippen LogP contribution in [0, 0.1) is 4.91 Å². The molecule has 0 heterocycles. The number of nitroso groups, excluding NO2 is 1. The average Bonchev–Trinajstić information content (AvgIpc) is 2.72. The lowest BCUT2D eigenvalue weighted by Gasteiger charge is -2.12. The van der Waals surface area contributed by atoms with Crippen LogP contribution in [0.3, 0.4) is 0 Å². The summed E-state index contributed by atoms with van der Waals surface area (Å²) in [7, 11) is 0. The Bertz CT molecular complexity index is 167. The van der Waals surface area contributed by atoms with Gasteiger partial charge < -0.3 is 4.74 Å². The van der Waals surface area contributed by atoms with Gasteiger partial charge in [0.2, 0.25) is 0 Å². The van der Waals surface area contributed by atoms with Crippen molar-refractivity contribution >= 4 is 5.97 Å². The summed E-state index contributed by atoms with van der Waals surface area (Å²) < 4.78 is 4.59. The summed E-state index contributed by atoms with van der Waals surface area (Å²) in [6.07, 6.45) is 1.93. The number of ether oxygens (including phenoxy) is 1. The summed E-state index contributed by atoms with van der Waals surface area (Å²) in [6, 6.07) is 0.201. The topological polar surface area (TPSA) is 59.0 Å². The van der Waals surface area contributed by atoms with E-state index < -0.39 is 0 Å². The average molecular weight is 158 g/mol. The molecule has 11 heavy (non-hydrogen) atoms. The van der Waals surface area contributed by atoms with Crippen molar-refractivity contribution in [2.45, 2.75) is 25.8 Å². The van der Waals surface area contributed by atoms with Gasteiger partial charge in [-0.25, -0.2) is 5.01 Å². The molecule has 0 aliphatic heterocycles. The first-order valence-electron chi connectivity index (χ1n) is 3.47. The summed E-state index contributed by atoms with van der Waals surface area (Å²) in [6.45, 7) is 1.29. The molecule has 1 aliphatic rings. The molecule has 0 aromatic rings. The van der Waals surface area contributed by atoms with Crippen LogP contribution < -0.4 is 0 Å². The van der Waals surface area contributed by atoms with Crippen LogP contribution >= 0.6 is 0 Å². The fourth-order valence-electron chi connectivity index (χ4n) is 0.725. The summed E-state index contributed by atoms with van der Waals surface area (Å²) in [5.41, 5.74) is 0. The van der Waals surface area contributed by atoms with Crippen LogP contribution in [0.4, 0.5) is 0 Å².